The van der Waals surface area contributed by atoms with E-state index in [-0.39, 0.29) is 6.17 Å². The lowest BCUT2D eigenvalue weighted by Crippen LogP contribution is -2.34. The molecule has 188 valence electrons. The van der Waals surface area contributed by atoms with Crippen molar-refractivity contribution in [3.63, 3.8) is 0 Å². The molecule has 1 atom stereocenters. The van der Waals surface area contributed by atoms with E-state index < -0.39 is 6.67 Å². The van der Waals surface area contributed by atoms with Crippen LogP contribution in [-0.2, 0) is 6.42 Å². The largest absolute Gasteiger partial charge is 0.382 e. The molecule has 1 aromatic heterocycles. The molecule has 0 radical (unpaired) electrons. The monoisotopic (exact) mass is 469 g/mol. The van der Waals surface area contributed by atoms with Crippen LogP contribution in [0.2, 0.25) is 0 Å². The van der Waals surface area contributed by atoms with Gasteiger partial charge in [-0.2, -0.15) is 0 Å². The van der Waals surface area contributed by atoms with Crippen molar-refractivity contribution in [1.29, 1.82) is 0 Å². The van der Waals surface area contributed by atoms with Gasteiger partial charge in [0, 0.05) is 19.3 Å². The maximum absolute atomic E-state index is 12.4. The Balaban J connectivity index is 0.00000258. The second-order valence-electron chi connectivity index (χ2n) is 7.17. The maximum atomic E-state index is 12.4. The van der Waals surface area contributed by atoms with E-state index in [1.54, 1.807) is 12.3 Å². The Labute approximate surface area is 206 Å². The lowest BCUT2D eigenvalue weighted by atomic mass is 10.1. The summed E-state index contributed by atoms with van der Waals surface area (Å²) in [4.78, 5) is 8.94. The van der Waals surface area contributed by atoms with Crippen LogP contribution in [0.4, 0.5) is 10.2 Å². The molecule has 3 N–H and O–H groups in total. The van der Waals surface area contributed by atoms with Gasteiger partial charge in [-0.3, -0.25) is 10.3 Å². The van der Waals surface area contributed by atoms with Crippen LogP contribution in [-0.4, -0.2) is 29.3 Å². The third kappa shape index (κ3) is 12.9. The Morgan fingerprint density at radius 2 is 1.97 bits per heavy atom. The summed E-state index contributed by atoms with van der Waals surface area (Å²) in [6.07, 6.45) is 12.8. The molecule has 1 unspecified atom stereocenters. The summed E-state index contributed by atoms with van der Waals surface area (Å²) in [5, 5.41) is 3.50. The normalized spacial score (nSPS) is 12.5. The number of aryl methyl sites for hydroxylation is 1. The summed E-state index contributed by atoms with van der Waals surface area (Å²) >= 11 is 0. The predicted molar refractivity (Wildman–Crippen MR) is 145 cm³/mol. The Kier molecular flexibility index (Phi) is 18.8. The van der Waals surface area contributed by atoms with E-state index in [1.807, 2.05) is 36.8 Å². The smallest absolute Gasteiger partial charge is 0.147 e. The van der Waals surface area contributed by atoms with Crippen molar-refractivity contribution < 1.29 is 4.39 Å². The molecule has 5 nitrogen and oxygen atoms in total. The number of aromatic nitrogens is 2. The second kappa shape index (κ2) is 20.6. The zero-order valence-corrected chi connectivity index (χ0v) is 21.5. The summed E-state index contributed by atoms with van der Waals surface area (Å²) in [5.41, 5.74) is 9.18. The van der Waals surface area contributed by atoms with Crippen LogP contribution in [0, 0.1) is 0 Å². The minimum atomic E-state index is -0.438. The number of rotatable bonds is 12. The van der Waals surface area contributed by atoms with Gasteiger partial charge >= 0.3 is 0 Å². The van der Waals surface area contributed by atoms with Crippen LogP contribution in [0.5, 0.6) is 0 Å². The van der Waals surface area contributed by atoms with E-state index in [1.165, 1.54) is 5.56 Å². The first-order valence-electron chi connectivity index (χ1n) is 12.2. The SMILES string of the molecule is C=C.CC.CC/C=C(\C=C/CF)CCNC(C)n1cc(N)ncc1=NCCCc1ccccc1. The minimum absolute atomic E-state index is 0.0104. The molecule has 0 aliphatic carbocycles. The van der Waals surface area contributed by atoms with Gasteiger partial charge in [-0.05, 0) is 38.2 Å². The lowest BCUT2D eigenvalue weighted by Gasteiger charge is -2.19. The third-order valence-corrected chi connectivity index (χ3v) is 4.76. The Morgan fingerprint density at radius 3 is 2.62 bits per heavy atom. The Hall–Kier alpha value is -2.99. The molecular formula is C28H44FN5. The fraction of sp³-hybridized carbons (Fsp3) is 0.429. The van der Waals surface area contributed by atoms with Gasteiger partial charge in [0.25, 0.3) is 0 Å². The van der Waals surface area contributed by atoms with Crippen molar-refractivity contribution in [1.82, 2.24) is 14.9 Å². The quantitative estimate of drug-likeness (QED) is 0.221. The van der Waals surface area contributed by atoms with Gasteiger partial charge < -0.3 is 10.3 Å². The zero-order valence-electron chi connectivity index (χ0n) is 21.5. The number of anilines is 1. The summed E-state index contributed by atoms with van der Waals surface area (Å²) in [7, 11) is 0. The summed E-state index contributed by atoms with van der Waals surface area (Å²) in [6.45, 7) is 15.2. The van der Waals surface area contributed by atoms with Crippen molar-refractivity contribution in [2.24, 2.45) is 4.99 Å². The second-order valence-corrected chi connectivity index (χ2v) is 7.17. The average Bonchev–Trinajstić information content (AvgIpc) is 2.88. The molecule has 1 heterocycles. The number of alkyl halides is 1. The van der Waals surface area contributed by atoms with E-state index >= 15 is 0 Å². The highest BCUT2D eigenvalue weighted by molar-refractivity contribution is 5.22. The van der Waals surface area contributed by atoms with Gasteiger partial charge in [-0.25, -0.2) is 9.37 Å². The molecule has 0 saturated heterocycles. The number of nitrogens with zero attached hydrogens (tertiary/aromatic N) is 3. The number of benzene rings is 1. The van der Waals surface area contributed by atoms with E-state index in [4.69, 9.17) is 10.7 Å². The number of allylic oxidation sites excluding steroid dienone is 3. The predicted octanol–water partition coefficient (Wildman–Crippen LogP) is 6.19. The zero-order chi connectivity index (χ0) is 25.6. The van der Waals surface area contributed by atoms with Crippen molar-refractivity contribution in [3.8, 4) is 0 Å². The van der Waals surface area contributed by atoms with Crippen molar-refractivity contribution in [2.45, 2.75) is 59.5 Å². The molecule has 0 saturated carbocycles. The van der Waals surface area contributed by atoms with Crippen LogP contribution in [0.15, 0.2) is 84.7 Å². The van der Waals surface area contributed by atoms with Crippen LogP contribution in [0.3, 0.4) is 0 Å². The van der Waals surface area contributed by atoms with Crippen molar-refractivity contribution in [3.05, 3.63) is 90.7 Å². The van der Waals surface area contributed by atoms with Gasteiger partial charge in [-0.15, -0.1) is 13.2 Å². The topological polar surface area (TPSA) is 68.2 Å². The highest BCUT2D eigenvalue weighted by Crippen LogP contribution is 2.07. The number of halogens is 1. The highest BCUT2D eigenvalue weighted by atomic mass is 19.1. The summed E-state index contributed by atoms with van der Waals surface area (Å²) < 4.78 is 14.4. The van der Waals surface area contributed by atoms with Crippen LogP contribution in [0.1, 0.15) is 58.7 Å². The van der Waals surface area contributed by atoms with Crippen LogP contribution < -0.4 is 16.5 Å². The van der Waals surface area contributed by atoms with E-state index in [9.17, 15) is 4.39 Å². The molecule has 0 amide bonds. The number of nitrogens with one attached hydrogen (secondary N) is 1. The molecule has 0 aliphatic rings. The Bertz CT molecular complexity index is 887. The molecule has 0 bridgehead atoms. The van der Waals surface area contributed by atoms with Crippen molar-refractivity contribution >= 4 is 5.82 Å². The van der Waals surface area contributed by atoms with Crippen LogP contribution >= 0.6 is 0 Å². The van der Waals surface area contributed by atoms with Gasteiger partial charge in [0.05, 0.1) is 12.4 Å². The van der Waals surface area contributed by atoms with Gasteiger partial charge in [-0.1, -0.05) is 74.9 Å². The molecule has 2 aromatic rings. The number of hydrogen-bond acceptors (Lipinski definition) is 4. The van der Waals surface area contributed by atoms with Gasteiger partial charge in [0.1, 0.15) is 18.0 Å². The van der Waals surface area contributed by atoms with E-state index in [2.05, 4.69) is 67.6 Å². The first-order chi connectivity index (χ1) is 16.6. The molecule has 0 aliphatic heterocycles. The van der Waals surface area contributed by atoms with E-state index in [0.29, 0.717) is 5.82 Å². The standard InChI is InChI=1S/C24H34FN5.C2H6.C2H4/c1-3-9-21(12-7-15-25)14-17-27-20(2)30-19-23(26)29-18-24(30)28-16-8-13-22-10-5-4-6-11-22;2*1-2/h4-7,9-12,18-20,27H,3,8,13-17,26H2,1-2H3;1-2H3;1-2H2/b12-7-,21-9+,28-24?;;. The first kappa shape index (κ1) is 31.0. The lowest BCUT2D eigenvalue weighted by molar-refractivity contribution is 0.423. The van der Waals surface area contributed by atoms with Crippen LogP contribution in [0.25, 0.3) is 0 Å². The fourth-order valence-electron chi connectivity index (χ4n) is 3.23. The molecule has 2 rings (SSSR count). The first-order valence-corrected chi connectivity index (χ1v) is 12.2. The molecule has 0 spiro atoms. The van der Waals surface area contributed by atoms with E-state index in [0.717, 1.165) is 49.8 Å². The minimum Gasteiger partial charge on any atom is -0.382 e. The molecular weight excluding hydrogens is 425 g/mol. The highest BCUT2D eigenvalue weighted by Gasteiger charge is 2.06. The molecule has 6 heteroatoms. The average molecular weight is 470 g/mol. The summed E-state index contributed by atoms with van der Waals surface area (Å²) in [5.74, 6) is 0.462. The van der Waals surface area contributed by atoms with Crippen molar-refractivity contribution in [2.75, 3.05) is 25.5 Å². The summed E-state index contributed by atoms with van der Waals surface area (Å²) in [6, 6.07) is 10.4. The van der Waals surface area contributed by atoms with Gasteiger partial charge in [0.2, 0.25) is 0 Å². The maximum Gasteiger partial charge on any atom is 0.147 e. The molecule has 0 fully saturated rings. The number of hydrogen-bond donors (Lipinski definition) is 2. The third-order valence-electron chi connectivity index (χ3n) is 4.76. The number of nitrogens with two attached hydrogens (primary N) is 1. The Morgan fingerprint density at radius 1 is 1.26 bits per heavy atom. The molecule has 1 aromatic carbocycles. The molecule has 34 heavy (non-hydrogen) atoms. The van der Waals surface area contributed by atoms with Gasteiger partial charge in [0.15, 0.2) is 0 Å². The number of nitrogen functional groups attached to an aromatic ring is 1. The fourth-order valence-corrected chi connectivity index (χ4v) is 3.23.